The highest BCUT2D eigenvalue weighted by Gasteiger charge is 2.29. The molecule has 0 radical (unpaired) electrons. The van der Waals surface area contributed by atoms with Crippen molar-refractivity contribution in [1.29, 1.82) is 0 Å². The van der Waals surface area contributed by atoms with Crippen molar-refractivity contribution < 1.29 is 9.59 Å². The molecule has 0 bridgehead atoms. The second-order valence-electron chi connectivity index (χ2n) is 5.71. The molecule has 2 unspecified atom stereocenters. The lowest BCUT2D eigenvalue weighted by Crippen LogP contribution is -2.51. The molecule has 1 rings (SSSR count). The highest BCUT2D eigenvalue weighted by atomic mass is 16.2. The molecule has 1 heterocycles. The first-order valence-corrected chi connectivity index (χ1v) is 7.87. The molecule has 0 aromatic carbocycles. The normalized spacial score (nSPS) is 20.6. The minimum Gasteiger partial charge on any atom is -0.354 e. The first-order chi connectivity index (χ1) is 9.60. The Labute approximate surface area is 122 Å². The summed E-state index contributed by atoms with van der Waals surface area (Å²) in [6, 6.07) is 0.150. The number of hydrogen-bond donors (Lipinski definition) is 2. The van der Waals surface area contributed by atoms with Crippen LogP contribution in [0.2, 0.25) is 0 Å². The second kappa shape index (κ2) is 8.95. The summed E-state index contributed by atoms with van der Waals surface area (Å²) in [4.78, 5) is 25.9. The Hall–Kier alpha value is -1.10. The van der Waals surface area contributed by atoms with E-state index >= 15 is 0 Å². The van der Waals surface area contributed by atoms with E-state index in [0.29, 0.717) is 19.5 Å². The molecule has 1 saturated heterocycles. The standard InChI is InChI=1S/C15H29N3O2/c1-3-6-12(2)15(20)18-10-5-4-7-13(18)11-17-14(19)8-9-16/h12-13H,3-11,16H2,1-2H3,(H,17,19). The monoisotopic (exact) mass is 283 g/mol. The zero-order chi connectivity index (χ0) is 15.0. The summed E-state index contributed by atoms with van der Waals surface area (Å²) < 4.78 is 0. The fourth-order valence-electron chi connectivity index (χ4n) is 2.79. The molecule has 20 heavy (non-hydrogen) atoms. The fourth-order valence-corrected chi connectivity index (χ4v) is 2.79. The van der Waals surface area contributed by atoms with Crippen LogP contribution in [0.4, 0.5) is 0 Å². The quantitative estimate of drug-likeness (QED) is 0.739. The van der Waals surface area contributed by atoms with E-state index in [9.17, 15) is 9.59 Å². The van der Waals surface area contributed by atoms with Gasteiger partial charge in [-0.3, -0.25) is 9.59 Å². The number of likely N-dealkylation sites (tertiary alicyclic amines) is 1. The Balaban J connectivity index is 2.53. The SMILES string of the molecule is CCCC(C)C(=O)N1CCCCC1CNC(=O)CCN. The topological polar surface area (TPSA) is 75.4 Å². The summed E-state index contributed by atoms with van der Waals surface area (Å²) in [7, 11) is 0. The molecular formula is C15H29N3O2. The minimum absolute atomic E-state index is 0.0212. The fraction of sp³-hybridized carbons (Fsp3) is 0.867. The highest BCUT2D eigenvalue weighted by molar-refractivity contribution is 5.79. The van der Waals surface area contributed by atoms with E-state index in [1.807, 2.05) is 11.8 Å². The molecule has 1 aliphatic heterocycles. The van der Waals surface area contributed by atoms with E-state index in [2.05, 4.69) is 12.2 Å². The van der Waals surface area contributed by atoms with Gasteiger partial charge in [-0.1, -0.05) is 20.3 Å². The maximum atomic E-state index is 12.5. The summed E-state index contributed by atoms with van der Waals surface area (Å²) in [6.07, 6.45) is 5.49. The molecule has 5 nitrogen and oxygen atoms in total. The average Bonchev–Trinajstić information content (AvgIpc) is 2.45. The first kappa shape index (κ1) is 17.0. The minimum atomic E-state index is -0.0212. The van der Waals surface area contributed by atoms with Crippen molar-refractivity contribution in [2.24, 2.45) is 11.7 Å². The Bertz CT molecular complexity index is 320. The van der Waals surface area contributed by atoms with E-state index in [-0.39, 0.29) is 23.8 Å². The Morgan fingerprint density at radius 3 is 2.80 bits per heavy atom. The van der Waals surface area contributed by atoms with Crippen LogP contribution in [0.15, 0.2) is 0 Å². The lowest BCUT2D eigenvalue weighted by molar-refractivity contribution is -0.139. The van der Waals surface area contributed by atoms with E-state index in [1.54, 1.807) is 0 Å². The summed E-state index contributed by atoms with van der Waals surface area (Å²) in [6.45, 7) is 5.86. The Morgan fingerprint density at radius 1 is 1.40 bits per heavy atom. The molecule has 0 aliphatic carbocycles. The van der Waals surface area contributed by atoms with Gasteiger partial charge in [0, 0.05) is 38.0 Å². The van der Waals surface area contributed by atoms with Gasteiger partial charge in [-0.15, -0.1) is 0 Å². The third-order valence-corrected chi connectivity index (χ3v) is 3.96. The predicted octanol–water partition coefficient (Wildman–Crippen LogP) is 1.27. The molecule has 0 aromatic rings. The van der Waals surface area contributed by atoms with E-state index in [0.717, 1.165) is 38.6 Å². The van der Waals surface area contributed by atoms with Crippen LogP contribution >= 0.6 is 0 Å². The number of carbonyl (C=O) groups is 2. The van der Waals surface area contributed by atoms with Crippen LogP contribution in [0, 0.1) is 5.92 Å². The zero-order valence-corrected chi connectivity index (χ0v) is 12.9. The predicted molar refractivity (Wildman–Crippen MR) is 80.1 cm³/mol. The molecule has 0 saturated carbocycles. The van der Waals surface area contributed by atoms with Gasteiger partial charge in [0.05, 0.1) is 0 Å². The van der Waals surface area contributed by atoms with Crippen molar-refractivity contribution >= 4 is 11.8 Å². The van der Waals surface area contributed by atoms with Crippen molar-refractivity contribution in [1.82, 2.24) is 10.2 Å². The van der Waals surface area contributed by atoms with Crippen molar-refractivity contribution in [2.45, 2.75) is 58.4 Å². The number of nitrogens with one attached hydrogen (secondary N) is 1. The maximum absolute atomic E-state index is 12.5. The summed E-state index contributed by atoms with van der Waals surface area (Å²) in [5.74, 6) is 0.303. The molecule has 5 heteroatoms. The van der Waals surface area contributed by atoms with E-state index < -0.39 is 0 Å². The van der Waals surface area contributed by atoms with E-state index in [1.165, 1.54) is 0 Å². The van der Waals surface area contributed by atoms with Gasteiger partial charge in [0.2, 0.25) is 11.8 Å². The van der Waals surface area contributed by atoms with Gasteiger partial charge in [0.1, 0.15) is 0 Å². The van der Waals surface area contributed by atoms with Crippen LogP contribution in [0.5, 0.6) is 0 Å². The lowest BCUT2D eigenvalue weighted by atomic mass is 9.97. The smallest absolute Gasteiger partial charge is 0.225 e. The van der Waals surface area contributed by atoms with Gasteiger partial charge in [-0.25, -0.2) is 0 Å². The summed E-state index contributed by atoms with van der Waals surface area (Å²) in [5, 5.41) is 2.90. The third-order valence-electron chi connectivity index (χ3n) is 3.96. The first-order valence-electron chi connectivity index (χ1n) is 7.87. The number of nitrogens with two attached hydrogens (primary N) is 1. The molecule has 1 fully saturated rings. The van der Waals surface area contributed by atoms with Crippen molar-refractivity contribution in [3.05, 3.63) is 0 Å². The van der Waals surface area contributed by atoms with Crippen molar-refractivity contribution in [2.75, 3.05) is 19.6 Å². The maximum Gasteiger partial charge on any atom is 0.225 e. The molecule has 3 N–H and O–H groups in total. The van der Waals surface area contributed by atoms with Gasteiger partial charge < -0.3 is 16.0 Å². The van der Waals surface area contributed by atoms with Gasteiger partial charge in [0.15, 0.2) is 0 Å². The van der Waals surface area contributed by atoms with Crippen LogP contribution in [0.1, 0.15) is 52.4 Å². The van der Waals surface area contributed by atoms with Gasteiger partial charge in [-0.2, -0.15) is 0 Å². The van der Waals surface area contributed by atoms with Gasteiger partial charge in [0.25, 0.3) is 0 Å². The lowest BCUT2D eigenvalue weighted by Gasteiger charge is -2.37. The summed E-state index contributed by atoms with van der Waals surface area (Å²) >= 11 is 0. The molecule has 2 amide bonds. The van der Waals surface area contributed by atoms with Crippen LogP contribution in [-0.2, 0) is 9.59 Å². The Morgan fingerprint density at radius 2 is 2.15 bits per heavy atom. The number of rotatable bonds is 7. The molecule has 2 atom stereocenters. The number of carbonyl (C=O) groups excluding carboxylic acids is 2. The van der Waals surface area contributed by atoms with Gasteiger partial charge in [-0.05, 0) is 25.7 Å². The largest absolute Gasteiger partial charge is 0.354 e. The third kappa shape index (κ3) is 5.12. The summed E-state index contributed by atoms with van der Waals surface area (Å²) in [5.41, 5.74) is 5.36. The number of nitrogens with zero attached hydrogens (tertiary/aromatic N) is 1. The van der Waals surface area contributed by atoms with Crippen molar-refractivity contribution in [3.8, 4) is 0 Å². The van der Waals surface area contributed by atoms with Gasteiger partial charge >= 0.3 is 0 Å². The number of hydrogen-bond acceptors (Lipinski definition) is 3. The van der Waals surface area contributed by atoms with Crippen LogP contribution in [-0.4, -0.2) is 42.4 Å². The molecule has 116 valence electrons. The molecular weight excluding hydrogens is 254 g/mol. The van der Waals surface area contributed by atoms with E-state index in [4.69, 9.17) is 5.73 Å². The Kier molecular flexibility index (Phi) is 7.59. The van der Waals surface area contributed by atoms with Crippen LogP contribution in [0.3, 0.4) is 0 Å². The number of piperidine rings is 1. The van der Waals surface area contributed by atoms with Crippen LogP contribution in [0.25, 0.3) is 0 Å². The van der Waals surface area contributed by atoms with Crippen LogP contribution < -0.4 is 11.1 Å². The highest BCUT2D eigenvalue weighted by Crippen LogP contribution is 2.20. The molecule has 0 spiro atoms. The molecule has 1 aliphatic rings. The average molecular weight is 283 g/mol. The molecule has 0 aromatic heterocycles. The number of amides is 2. The van der Waals surface area contributed by atoms with Crippen molar-refractivity contribution in [3.63, 3.8) is 0 Å². The second-order valence-corrected chi connectivity index (χ2v) is 5.71. The zero-order valence-electron chi connectivity index (χ0n) is 12.9.